The molecule has 5 nitrogen and oxygen atoms in total. The van der Waals surface area contributed by atoms with Gasteiger partial charge >= 0.3 is 0 Å². The van der Waals surface area contributed by atoms with Gasteiger partial charge < -0.3 is 19.3 Å². The fraction of sp³-hybridized carbons (Fsp3) is 0.409. The molecule has 0 spiro atoms. The van der Waals surface area contributed by atoms with E-state index in [1.807, 2.05) is 41.3 Å². The Bertz CT molecular complexity index is 817. The van der Waals surface area contributed by atoms with Crippen LogP contribution in [0.4, 0.5) is 5.69 Å². The number of carbonyl (C=O) groups excluding carboxylic acids is 1. The van der Waals surface area contributed by atoms with Crippen LogP contribution in [0.25, 0.3) is 0 Å². The Morgan fingerprint density at radius 3 is 2.46 bits per heavy atom. The Morgan fingerprint density at radius 2 is 1.82 bits per heavy atom. The molecule has 2 aromatic carbocycles. The fourth-order valence-corrected chi connectivity index (χ4v) is 3.38. The predicted molar refractivity (Wildman–Crippen MR) is 113 cm³/mol. The first-order valence-corrected chi connectivity index (χ1v) is 9.96. The van der Waals surface area contributed by atoms with Gasteiger partial charge in [0.1, 0.15) is 0 Å². The van der Waals surface area contributed by atoms with E-state index in [0.717, 1.165) is 23.8 Å². The number of benzene rings is 2. The van der Waals surface area contributed by atoms with Crippen molar-refractivity contribution in [2.45, 2.75) is 13.8 Å². The normalized spacial score (nSPS) is 14.3. The summed E-state index contributed by atoms with van der Waals surface area (Å²) in [4.78, 5) is 17.1. The smallest absolute Gasteiger partial charge is 0.254 e. The van der Waals surface area contributed by atoms with Crippen LogP contribution >= 0.6 is 11.6 Å². The van der Waals surface area contributed by atoms with Crippen LogP contribution in [0.5, 0.6) is 11.5 Å². The van der Waals surface area contributed by atoms with Crippen molar-refractivity contribution in [3.63, 3.8) is 0 Å². The maximum absolute atomic E-state index is 12.9. The molecule has 150 valence electrons. The van der Waals surface area contributed by atoms with Crippen molar-refractivity contribution in [2.24, 2.45) is 5.92 Å². The second-order valence-electron chi connectivity index (χ2n) is 7.33. The molecule has 0 atom stereocenters. The molecular formula is C22H27ClN2O3. The van der Waals surface area contributed by atoms with Gasteiger partial charge in [0.15, 0.2) is 11.5 Å². The summed E-state index contributed by atoms with van der Waals surface area (Å²) >= 11 is 6.09. The van der Waals surface area contributed by atoms with Gasteiger partial charge in [0.2, 0.25) is 0 Å². The summed E-state index contributed by atoms with van der Waals surface area (Å²) in [5.74, 6) is 1.68. The lowest BCUT2D eigenvalue weighted by atomic mass is 10.1. The molecule has 0 bridgehead atoms. The summed E-state index contributed by atoms with van der Waals surface area (Å²) in [7, 11) is 1.59. The first kappa shape index (κ1) is 20.3. The van der Waals surface area contributed by atoms with Gasteiger partial charge in [-0.15, -0.1) is 0 Å². The molecule has 0 unspecified atom stereocenters. The van der Waals surface area contributed by atoms with Gasteiger partial charge in [0, 0.05) is 42.5 Å². The predicted octanol–water partition coefficient (Wildman–Crippen LogP) is 4.35. The van der Waals surface area contributed by atoms with Crippen LogP contribution in [0.2, 0.25) is 5.02 Å². The standard InChI is InChI=1S/C22H27ClN2O3/c1-16(2)15-28-20-8-7-17(13-21(20)27-3)22(26)25-11-9-24(10-12-25)19-6-4-5-18(23)14-19/h4-8,13-14,16H,9-12,15H2,1-3H3. The van der Waals surface area contributed by atoms with Crippen LogP contribution in [0.3, 0.4) is 0 Å². The molecule has 2 aromatic rings. The number of rotatable bonds is 6. The van der Waals surface area contributed by atoms with E-state index in [1.54, 1.807) is 13.2 Å². The number of ether oxygens (including phenoxy) is 2. The van der Waals surface area contributed by atoms with Gasteiger partial charge in [0.05, 0.1) is 13.7 Å². The second kappa shape index (κ2) is 9.20. The maximum Gasteiger partial charge on any atom is 0.254 e. The molecule has 28 heavy (non-hydrogen) atoms. The molecular weight excluding hydrogens is 376 g/mol. The third-order valence-electron chi connectivity index (χ3n) is 4.72. The van der Waals surface area contributed by atoms with Crippen LogP contribution < -0.4 is 14.4 Å². The Hall–Kier alpha value is -2.40. The molecule has 0 aromatic heterocycles. The van der Waals surface area contributed by atoms with E-state index in [-0.39, 0.29) is 5.91 Å². The van der Waals surface area contributed by atoms with Crippen molar-refractivity contribution in [3.05, 3.63) is 53.1 Å². The number of hydrogen-bond donors (Lipinski definition) is 0. The van der Waals surface area contributed by atoms with Crippen LogP contribution in [-0.2, 0) is 0 Å². The zero-order valence-corrected chi connectivity index (χ0v) is 17.4. The summed E-state index contributed by atoms with van der Waals surface area (Å²) in [6, 6.07) is 13.2. The summed E-state index contributed by atoms with van der Waals surface area (Å²) in [6.07, 6.45) is 0. The molecule has 1 heterocycles. The number of halogens is 1. The molecule has 6 heteroatoms. The zero-order valence-electron chi connectivity index (χ0n) is 16.7. The fourth-order valence-electron chi connectivity index (χ4n) is 3.20. The summed E-state index contributed by atoms with van der Waals surface area (Å²) in [6.45, 7) is 7.67. The third kappa shape index (κ3) is 4.90. The number of nitrogens with zero attached hydrogens (tertiary/aromatic N) is 2. The van der Waals surface area contributed by atoms with E-state index >= 15 is 0 Å². The molecule has 1 fully saturated rings. The Balaban J connectivity index is 1.64. The number of anilines is 1. The summed E-state index contributed by atoms with van der Waals surface area (Å²) in [5, 5.41) is 0.725. The van der Waals surface area contributed by atoms with Gasteiger partial charge in [-0.25, -0.2) is 0 Å². The molecule has 0 radical (unpaired) electrons. The number of carbonyl (C=O) groups is 1. The van der Waals surface area contributed by atoms with Gasteiger partial charge in [0.25, 0.3) is 5.91 Å². The largest absolute Gasteiger partial charge is 0.493 e. The SMILES string of the molecule is COc1cc(C(=O)N2CCN(c3cccc(Cl)c3)CC2)ccc1OCC(C)C. The molecule has 0 N–H and O–H groups in total. The molecule has 0 aliphatic carbocycles. The zero-order chi connectivity index (χ0) is 20.1. The maximum atomic E-state index is 12.9. The first-order chi connectivity index (χ1) is 13.5. The lowest BCUT2D eigenvalue weighted by Crippen LogP contribution is -2.48. The minimum Gasteiger partial charge on any atom is -0.493 e. The van der Waals surface area contributed by atoms with Crippen molar-refractivity contribution >= 4 is 23.2 Å². The minimum absolute atomic E-state index is 0.0134. The Kier molecular flexibility index (Phi) is 6.68. The monoisotopic (exact) mass is 402 g/mol. The molecule has 0 saturated carbocycles. The van der Waals surface area contributed by atoms with Crippen molar-refractivity contribution in [1.29, 1.82) is 0 Å². The lowest BCUT2D eigenvalue weighted by molar-refractivity contribution is 0.0746. The quantitative estimate of drug-likeness (QED) is 0.720. The highest BCUT2D eigenvalue weighted by Crippen LogP contribution is 2.29. The average molecular weight is 403 g/mol. The minimum atomic E-state index is 0.0134. The van der Waals surface area contributed by atoms with Crippen LogP contribution in [0.15, 0.2) is 42.5 Å². The van der Waals surface area contributed by atoms with E-state index in [0.29, 0.717) is 42.7 Å². The van der Waals surface area contributed by atoms with Crippen LogP contribution in [0, 0.1) is 5.92 Å². The van der Waals surface area contributed by atoms with Gasteiger partial charge in [-0.3, -0.25) is 4.79 Å². The van der Waals surface area contributed by atoms with E-state index in [4.69, 9.17) is 21.1 Å². The molecule has 3 rings (SSSR count). The molecule has 1 amide bonds. The van der Waals surface area contributed by atoms with Crippen molar-refractivity contribution < 1.29 is 14.3 Å². The van der Waals surface area contributed by atoms with E-state index in [2.05, 4.69) is 18.7 Å². The number of piperazine rings is 1. The lowest BCUT2D eigenvalue weighted by Gasteiger charge is -2.36. The molecule has 1 aliphatic rings. The Morgan fingerprint density at radius 1 is 1.07 bits per heavy atom. The van der Waals surface area contributed by atoms with Crippen LogP contribution in [-0.4, -0.2) is 50.7 Å². The number of methoxy groups -OCH3 is 1. The van der Waals surface area contributed by atoms with Crippen molar-refractivity contribution in [2.75, 3.05) is 44.8 Å². The highest BCUT2D eigenvalue weighted by molar-refractivity contribution is 6.30. The number of amides is 1. The summed E-state index contributed by atoms with van der Waals surface area (Å²) < 4.78 is 11.2. The van der Waals surface area contributed by atoms with E-state index in [1.165, 1.54) is 0 Å². The highest BCUT2D eigenvalue weighted by atomic mass is 35.5. The Labute approximate surface area is 171 Å². The highest BCUT2D eigenvalue weighted by Gasteiger charge is 2.23. The van der Waals surface area contributed by atoms with Crippen molar-refractivity contribution in [1.82, 2.24) is 4.90 Å². The van der Waals surface area contributed by atoms with Gasteiger partial charge in [-0.1, -0.05) is 31.5 Å². The summed E-state index contributed by atoms with van der Waals surface area (Å²) in [5.41, 5.74) is 1.71. The average Bonchev–Trinajstić information content (AvgIpc) is 2.71. The van der Waals surface area contributed by atoms with E-state index < -0.39 is 0 Å². The second-order valence-corrected chi connectivity index (χ2v) is 7.77. The van der Waals surface area contributed by atoms with Crippen molar-refractivity contribution in [3.8, 4) is 11.5 Å². The van der Waals surface area contributed by atoms with Gasteiger partial charge in [-0.2, -0.15) is 0 Å². The van der Waals surface area contributed by atoms with Crippen LogP contribution in [0.1, 0.15) is 24.2 Å². The topological polar surface area (TPSA) is 42.0 Å². The molecule has 1 aliphatic heterocycles. The number of hydrogen-bond acceptors (Lipinski definition) is 4. The third-order valence-corrected chi connectivity index (χ3v) is 4.96. The van der Waals surface area contributed by atoms with Gasteiger partial charge in [-0.05, 0) is 42.3 Å². The van der Waals surface area contributed by atoms with E-state index in [9.17, 15) is 4.79 Å². The first-order valence-electron chi connectivity index (χ1n) is 9.58. The molecule has 1 saturated heterocycles.